The molecule has 0 aliphatic carbocycles. The van der Waals surface area contributed by atoms with Crippen LogP contribution in [0.25, 0.3) is 0 Å². The van der Waals surface area contributed by atoms with E-state index in [4.69, 9.17) is 5.11 Å². The lowest BCUT2D eigenvalue weighted by Gasteiger charge is -2.08. The SMILES string of the molecule is CCCc1nnc(C)n1Cc1ccc(C(=O)O)cc1. The maximum atomic E-state index is 10.8. The summed E-state index contributed by atoms with van der Waals surface area (Å²) in [4.78, 5) is 10.8. The van der Waals surface area contributed by atoms with Crippen molar-refractivity contribution < 1.29 is 9.90 Å². The van der Waals surface area contributed by atoms with Crippen molar-refractivity contribution in [3.63, 3.8) is 0 Å². The minimum Gasteiger partial charge on any atom is -0.478 e. The molecule has 0 amide bonds. The fourth-order valence-corrected chi connectivity index (χ4v) is 1.97. The molecular formula is C14H17N3O2. The summed E-state index contributed by atoms with van der Waals surface area (Å²) in [5, 5.41) is 17.1. The summed E-state index contributed by atoms with van der Waals surface area (Å²) in [5.41, 5.74) is 1.35. The first-order valence-corrected chi connectivity index (χ1v) is 6.32. The van der Waals surface area contributed by atoms with Crippen molar-refractivity contribution in [2.24, 2.45) is 0 Å². The zero-order chi connectivity index (χ0) is 13.8. The second-order valence-electron chi connectivity index (χ2n) is 4.50. The molecule has 0 atom stereocenters. The number of benzene rings is 1. The zero-order valence-corrected chi connectivity index (χ0v) is 11.1. The Morgan fingerprint density at radius 1 is 1.26 bits per heavy atom. The van der Waals surface area contributed by atoms with E-state index in [9.17, 15) is 4.79 Å². The number of rotatable bonds is 5. The van der Waals surface area contributed by atoms with Gasteiger partial charge >= 0.3 is 5.97 Å². The van der Waals surface area contributed by atoms with Gasteiger partial charge in [-0.2, -0.15) is 0 Å². The highest BCUT2D eigenvalue weighted by atomic mass is 16.4. The smallest absolute Gasteiger partial charge is 0.335 e. The van der Waals surface area contributed by atoms with Gasteiger partial charge in [0, 0.05) is 6.42 Å². The molecule has 0 spiro atoms. The third-order valence-electron chi connectivity index (χ3n) is 3.03. The van der Waals surface area contributed by atoms with Gasteiger partial charge in [-0.1, -0.05) is 19.1 Å². The van der Waals surface area contributed by atoms with E-state index in [-0.39, 0.29) is 0 Å². The molecule has 19 heavy (non-hydrogen) atoms. The molecule has 0 bridgehead atoms. The van der Waals surface area contributed by atoms with Crippen molar-refractivity contribution in [3.05, 3.63) is 47.0 Å². The first-order chi connectivity index (χ1) is 9.11. The van der Waals surface area contributed by atoms with Gasteiger partial charge in [0.05, 0.1) is 12.1 Å². The Morgan fingerprint density at radius 3 is 2.53 bits per heavy atom. The Hall–Kier alpha value is -2.17. The van der Waals surface area contributed by atoms with Crippen LogP contribution in [0.15, 0.2) is 24.3 Å². The third-order valence-corrected chi connectivity index (χ3v) is 3.03. The molecule has 100 valence electrons. The number of nitrogens with zero attached hydrogens (tertiary/aromatic N) is 3. The highest BCUT2D eigenvalue weighted by molar-refractivity contribution is 5.87. The highest BCUT2D eigenvalue weighted by Crippen LogP contribution is 2.10. The number of aromatic carboxylic acids is 1. The Balaban J connectivity index is 2.21. The number of carboxylic acid groups (broad SMARTS) is 1. The predicted octanol–water partition coefficient (Wildman–Crippen LogP) is 2.29. The molecule has 0 fully saturated rings. The summed E-state index contributed by atoms with van der Waals surface area (Å²) in [6.45, 7) is 4.71. The van der Waals surface area contributed by atoms with Gasteiger partial charge < -0.3 is 9.67 Å². The molecule has 2 aromatic rings. The quantitative estimate of drug-likeness (QED) is 0.894. The molecule has 1 aromatic carbocycles. The lowest BCUT2D eigenvalue weighted by atomic mass is 10.1. The molecule has 0 saturated carbocycles. The minimum absolute atomic E-state index is 0.304. The van der Waals surface area contributed by atoms with Crippen molar-refractivity contribution >= 4 is 5.97 Å². The third kappa shape index (κ3) is 2.99. The summed E-state index contributed by atoms with van der Waals surface area (Å²) >= 11 is 0. The largest absolute Gasteiger partial charge is 0.478 e. The minimum atomic E-state index is -0.904. The van der Waals surface area contributed by atoms with Crippen molar-refractivity contribution in [1.82, 2.24) is 14.8 Å². The summed E-state index contributed by atoms with van der Waals surface area (Å²) in [6.07, 6.45) is 1.92. The summed E-state index contributed by atoms with van der Waals surface area (Å²) in [6, 6.07) is 6.91. The fraction of sp³-hybridized carbons (Fsp3) is 0.357. The second-order valence-corrected chi connectivity index (χ2v) is 4.50. The van der Waals surface area contributed by atoms with E-state index in [1.54, 1.807) is 12.1 Å². The molecule has 1 N–H and O–H groups in total. The molecule has 0 saturated heterocycles. The van der Waals surface area contributed by atoms with Crippen LogP contribution in [-0.4, -0.2) is 25.8 Å². The van der Waals surface area contributed by atoms with Gasteiger partial charge in [0.2, 0.25) is 0 Å². The molecular weight excluding hydrogens is 242 g/mol. The average molecular weight is 259 g/mol. The van der Waals surface area contributed by atoms with Gasteiger partial charge in [-0.05, 0) is 31.0 Å². The van der Waals surface area contributed by atoms with Gasteiger partial charge in [-0.15, -0.1) is 10.2 Å². The van der Waals surface area contributed by atoms with Crippen LogP contribution in [0.4, 0.5) is 0 Å². The molecule has 1 heterocycles. The van der Waals surface area contributed by atoms with Crippen LogP contribution in [0.5, 0.6) is 0 Å². The Kier molecular flexibility index (Phi) is 3.94. The molecule has 0 aliphatic rings. The van der Waals surface area contributed by atoms with Crippen LogP contribution in [0.1, 0.15) is 40.9 Å². The van der Waals surface area contributed by atoms with Crippen molar-refractivity contribution in [3.8, 4) is 0 Å². The van der Waals surface area contributed by atoms with Gasteiger partial charge in [-0.25, -0.2) is 4.79 Å². The van der Waals surface area contributed by atoms with Crippen LogP contribution < -0.4 is 0 Å². The average Bonchev–Trinajstić information content (AvgIpc) is 2.73. The van der Waals surface area contributed by atoms with Crippen LogP contribution in [0, 0.1) is 6.92 Å². The van der Waals surface area contributed by atoms with Crippen LogP contribution in [0.3, 0.4) is 0 Å². The number of aromatic nitrogens is 3. The maximum absolute atomic E-state index is 10.8. The van der Waals surface area contributed by atoms with Gasteiger partial charge in [0.15, 0.2) is 0 Å². The Labute approximate surface area is 111 Å². The molecule has 1 aromatic heterocycles. The molecule has 5 nitrogen and oxygen atoms in total. The van der Waals surface area contributed by atoms with Gasteiger partial charge in [0.1, 0.15) is 11.6 Å². The number of aryl methyl sites for hydroxylation is 2. The fourth-order valence-electron chi connectivity index (χ4n) is 1.97. The number of carboxylic acids is 1. The predicted molar refractivity (Wildman–Crippen MR) is 71.3 cm³/mol. The normalized spacial score (nSPS) is 10.6. The van der Waals surface area contributed by atoms with Gasteiger partial charge in [0.25, 0.3) is 0 Å². The Bertz CT molecular complexity index is 573. The zero-order valence-electron chi connectivity index (χ0n) is 11.1. The molecule has 0 unspecified atom stereocenters. The van der Waals surface area contributed by atoms with E-state index in [0.717, 1.165) is 30.1 Å². The van der Waals surface area contributed by atoms with Crippen LogP contribution in [0.2, 0.25) is 0 Å². The van der Waals surface area contributed by atoms with Crippen LogP contribution >= 0.6 is 0 Å². The summed E-state index contributed by atoms with van der Waals surface area (Å²) < 4.78 is 2.07. The lowest BCUT2D eigenvalue weighted by Crippen LogP contribution is -2.07. The lowest BCUT2D eigenvalue weighted by molar-refractivity contribution is 0.0697. The highest BCUT2D eigenvalue weighted by Gasteiger charge is 2.09. The number of hydrogen-bond acceptors (Lipinski definition) is 3. The van der Waals surface area contributed by atoms with Crippen LogP contribution in [-0.2, 0) is 13.0 Å². The molecule has 0 aliphatic heterocycles. The topological polar surface area (TPSA) is 68.0 Å². The van der Waals surface area contributed by atoms with E-state index < -0.39 is 5.97 Å². The van der Waals surface area contributed by atoms with Crippen molar-refractivity contribution in [2.75, 3.05) is 0 Å². The van der Waals surface area contributed by atoms with E-state index >= 15 is 0 Å². The first kappa shape index (κ1) is 13.3. The van der Waals surface area contributed by atoms with E-state index in [0.29, 0.717) is 12.1 Å². The van der Waals surface area contributed by atoms with Gasteiger partial charge in [-0.3, -0.25) is 0 Å². The van der Waals surface area contributed by atoms with E-state index in [1.165, 1.54) is 0 Å². The van der Waals surface area contributed by atoms with Crippen molar-refractivity contribution in [2.45, 2.75) is 33.2 Å². The number of carbonyl (C=O) groups is 1. The standard InChI is InChI=1S/C14H17N3O2/c1-3-4-13-16-15-10(2)17(13)9-11-5-7-12(8-6-11)14(18)19/h5-8H,3-4,9H2,1-2H3,(H,18,19). The monoisotopic (exact) mass is 259 g/mol. The van der Waals surface area contributed by atoms with Crippen molar-refractivity contribution in [1.29, 1.82) is 0 Å². The number of hydrogen-bond donors (Lipinski definition) is 1. The summed E-state index contributed by atoms with van der Waals surface area (Å²) in [5.74, 6) is 0.951. The molecule has 0 radical (unpaired) electrons. The van der Waals surface area contributed by atoms with E-state index in [2.05, 4.69) is 21.7 Å². The Morgan fingerprint density at radius 2 is 1.95 bits per heavy atom. The van der Waals surface area contributed by atoms with E-state index in [1.807, 2.05) is 19.1 Å². The molecule has 5 heteroatoms. The first-order valence-electron chi connectivity index (χ1n) is 6.32. The maximum Gasteiger partial charge on any atom is 0.335 e. The molecule has 2 rings (SSSR count). The second kappa shape index (κ2) is 5.65. The summed E-state index contributed by atoms with van der Waals surface area (Å²) in [7, 11) is 0.